The SMILES string of the molecule is C=CCCCCCCCCCOC(=O)C(CC(C)C)NC(=O)OC. The van der Waals surface area contributed by atoms with Gasteiger partial charge in [0.1, 0.15) is 6.04 Å². The van der Waals surface area contributed by atoms with E-state index in [-0.39, 0.29) is 11.9 Å². The first-order valence-corrected chi connectivity index (χ1v) is 9.13. The predicted octanol–water partition coefficient (Wildman–Crippen LogP) is 4.61. The average molecular weight is 341 g/mol. The fourth-order valence-corrected chi connectivity index (χ4v) is 2.43. The highest BCUT2D eigenvalue weighted by Crippen LogP contribution is 2.10. The lowest BCUT2D eigenvalue weighted by atomic mass is 10.0. The molecule has 0 rings (SSSR count). The highest BCUT2D eigenvalue weighted by atomic mass is 16.5. The van der Waals surface area contributed by atoms with Gasteiger partial charge in [-0.25, -0.2) is 9.59 Å². The van der Waals surface area contributed by atoms with Gasteiger partial charge in [-0.3, -0.25) is 0 Å². The van der Waals surface area contributed by atoms with Crippen LogP contribution in [0.25, 0.3) is 0 Å². The van der Waals surface area contributed by atoms with Gasteiger partial charge >= 0.3 is 12.1 Å². The second-order valence-corrected chi connectivity index (χ2v) is 6.54. The molecule has 0 radical (unpaired) electrons. The molecule has 0 aliphatic rings. The lowest BCUT2D eigenvalue weighted by molar-refractivity contribution is -0.146. The zero-order valence-corrected chi connectivity index (χ0v) is 15.6. The first-order chi connectivity index (χ1) is 11.5. The molecule has 24 heavy (non-hydrogen) atoms. The van der Waals surface area contributed by atoms with Gasteiger partial charge in [-0.05, 0) is 31.6 Å². The van der Waals surface area contributed by atoms with Crippen molar-refractivity contribution in [2.24, 2.45) is 5.92 Å². The number of alkyl carbamates (subject to hydrolysis) is 1. The van der Waals surface area contributed by atoms with Crippen molar-refractivity contribution in [2.75, 3.05) is 13.7 Å². The fourth-order valence-electron chi connectivity index (χ4n) is 2.43. The number of hydrogen-bond donors (Lipinski definition) is 1. The zero-order valence-electron chi connectivity index (χ0n) is 15.6. The van der Waals surface area contributed by atoms with Gasteiger partial charge in [-0.15, -0.1) is 6.58 Å². The molecule has 0 aliphatic carbocycles. The van der Waals surface area contributed by atoms with E-state index in [4.69, 9.17) is 4.74 Å². The summed E-state index contributed by atoms with van der Waals surface area (Å²) in [7, 11) is 1.28. The number of amides is 1. The van der Waals surface area contributed by atoms with E-state index in [2.05, 4.69) is 16.6 Å². The predicted molar refractivity (Wildman–Crippen MR) is 96.9 cm³/mol. The Hall–Kier alpha value is -1.52. The van der Waals surface area contributed by atoms with Crippen LogP contribution in [0.1, 0.15) is 71.6 Å². The molecule has 0 saturated carbocycles. The van der Waals surface area contributed by atoms with E-state index < -0.39 is 12.1 Å². The minimum absolute atomic E-state index is 0.279. The Morgan fingerprint density at radius 2 is 1.62 bits per heavy atom. The summed E-state index contributed by atoms with van der Waals surface area (Å²) in [6, 6.07) is -0.637. The van der Waals surface area contributed by atoms with Crippen molar-refractivity contribution in [2.45, 2.75) is 77.7 Å². The molecule has 0 saturated heterocycles. The molecule has 1 N–H and O–H groups in total. The molecule has 0 heterocycles. The number of esters is 1. The van der Waals surface area contributed by atoms with Crippen LogP contribution in [-0.2, 0) is 14.3 Å². The van der Waals surface area contributed by atoms with Crippen LogP contribution in [0.4, 0.5) is 4.79 Å². The van der Waals surface area contributed by atoms with Crippen LogP contribution < -0.4 is 5.32 Å². The van der Waals surface area contributed by atoms with Gasteiger partial charge in [0, 0.05) is 0 Å². The topological polar surface area (TPSA) is 64.6 Å². The first kappa shape index (κ1) is 22.5. The van der Waals surface area contributed by atoms with E-state index in [0.29, 0.717) is 13.0 Å². The number of hydrogen-bond acceptors (Lipinski definition) is 4. The summed E-state index contributed by atoms with van der Waals surface area (Å²) in [6.45, 7) is 8.12. The van der Waals surface area contributed by atoms with E-state index >= 15 is 0 Å². The van der Waals surface area contributed by atoms with Gasteiger partial charge in [0.25, 0.3) is 0 Å². The molecule has 5 heteroatoms. The molecule has 0 aromatic carbocycles. The summed E-state index contributed by atoms with van der Waals surface area (Å²) < 4.78 is 9.84. The van der Waals surface area contributed by atoms with Gasteiger partial charge in [0.15, 0.2) is 0 Å². The zero-order chi connectivity index (χ0) is 18.2. The van der Waals surface area contributed by atoms with Gasteiger partial charge < -0.3 is 14.8 Å². The average Bonchev–Trinajstić information content (AvgIpc) is 2.55. The normalized spacial score (nSPS) is 11.8. The third-order valence-electron chi connectivity index (χ3n) is 3.77. The van der Waals surface area contributed by atoms with Gasteiger partial charge in [-0.1, -0.05) is 52.0 Å². The van der Waals surface area contributed by atoms with Crippen molar-refractivity contribution in [3.8, 4) is 0 Å². The quantitative estimate of drug-likeness (QED) is 0.285. The van der Waals surface area contributed by atoms with Crippen molar-refractivity contribution in [3.63, 3.8) is 0 Å². The molecule has 0 aromatic rings. The van der Waals surface area contributed by atoms with Crippen LogP contribution in [0.3, 0.4) is 0 Å². The Bertz CT molecular complexity index is 355. The number of allylic oxidation sites excluding steroid dienone is 1. The third-order valence-corrected chi connectivity index (χ3v) is 3.77. The Labute approximate surface area is 147 Å². The van der Waals surface area contributed by atoms with Crippen molar-refractivity contribution >= 4 is 12.1 Å². The summed E-state index contributed by atoms with van der Waals surface area (Å²) in [5, 5.41) is 2.54. The highest BCUT2D eigenvalue weighted by molar-refractivity contribution is 5.81. The summed E-state index contributed by atoms with van der Waals surface area (Å²) >= 11 is 0. The second-order valence-electron chi connectivity index (χ2n) is 6.54. The third kappa shape index (κ3) is 13.0. The maximum Gasteiger partial charge on any atom is 0.407 e. The number of carbonyl (C=O) groups is 2. The van der Waals surface area contributed by atoms with Crippen LogP contribution >= 0.6 is 0 Å². The summed E-state index contributed by atoms with van der Waals surface area (Å²) in [4.78, 5) is 23.4. The maximum absolute atomic E-state index is 12.1. The smallest absolute Gasteiger partial charge is 0.407 e. The maximum atomic E-state index is 12.1. The number of nitrogens with one attached hydrogen (secondary N) is 1. The molecule has 1 atom stereocenters. The molecule has 0 fully saturated rings. The lowest BCUT2D eigenvalue weighted by Gasteiger charge is -2.18. The van der Waals surface area contributed by atoms with E-state index in [9.17, 15) is 9.59 Å². The number of methoxy groups -OCH3 is 1. The Balaban J connectivity index is 3.79. The fraction of sp³-hybridized carbons (Fsp3) is 0.789. The number of rotatable bonds is 14. The molecule has 0 bridgehead atoms. The van der Waals surface area contributed by atoms with Crippen molar-refractivity contribution in [1.29, 1.82) is 0 Å². The molecule has 1 amide bonds. The Morgan fingerprint density at radius 3 is 2.17 bits per heavy atom. The Morgan fingerprint density at radius 1 is 1.04 bits per heavy atom. The van der Waals surface area contributed by atoms with Crippen LogP contribution in [0.2, 0.25) is 0 Å². The van der Waals surface area contributed by atoms with Gasteiger partial charge in [0.2, 0.25) is 0 Å². The largest absolute Gasteiger partial charge is 0.464 e. The van der Waals surface area contributed by atoms with Crippen LogP contribution in [-0.4, -0.2) is 31.8 Å². The molecule has 140 valence electrons. The molecule has 0 spiro atoms. The van der Waals surface area contributed by atoms with Crippen LogP contribution in [0.15, 0.2) is 12.7 Å². The summed E-state index contributed by atoms with van der Waals surface area (Å²) in [6.07, 6.45) is 11.1. The van der Waals surface area contributed by atoms with Crippen molar-refractivity contribution < 1.29 is 19.1 Å². The van der Waals surface area contributed by atoms with E-state index in [1.807, 2.05) is 19.9 Å². The molecular weight excluding hydrogens is 306 g/mol. The van der Waals surface area contributed by atoms with Crippen molar-refractivity contribution in [3.05, 3.63) is 12.7 Å². The molecular formula is C19H35NO4. The van der Waals surface area contributed by atoms with Gasteiger partial charge in [-0.2, -0.15) is 0 Å². The second kappa shape index (κ2) is 15.0. The lowest BCUT2D eigenvalue weighted by Crippen LogP contribution is -2.42. The minimum Gasteiger partial charge on any atom is -0.464 e. The summed E-state index contributed by atoms with van der Waals surface area (Å²) in [5.74, 6) is -0.0979. The highest BCUT2D eigenvalue weighted by Gasteiger charge is 2.23. The monoisotopic (exact) mass is 341 g/mol. The van der Waals surface area contributed by atoms with Crippen molar-refractivity contribution in [1.82, 2.24) is 5.32 Å². The van der Waals surface area contributed by atoms with Crippen LogP contribution in [0.5, 0.6) is 0 Å². The minimum atomic E-state index is -0.637. The number of unbranched alkanes of at least 4 members (excludes halogenated alkanes) is 7. The van der Waals surface area contributed by atoms with E-state index in [1.165, 1.54) is 39.2 Å². The molecule has 0 aromatic heterocycles. The molecule has 5 nitrogen and oxygen atoms in total. The summed E-state index contributed by atoms with van der Waals surface area (Å²) in [5.41, 5.74) is 0. The van der Waals surface area contributed by atoms with Gasteiger partial charge in [0.05, 0.1) is 13.7 Å². The molecule has 0 aliphatic heterocycles. The standard InChI is InChI=1S/C19H35NO4/c1-5-6-7-8-9-10-11-12-13-14-24-18(21)17(15-16(2)3)20-19(22)23-4/h5,16-17H,1,6-15H2,2-4H3,(H,20,22). The van der Waals surface area contributed by atoms with E-state index in [0.717, 1.165) is 19.3 Å². The molecule has 1 unspecified atom stereocenters. The Kier molecular flexibility index (Phi) is 14.1. The van der Waals surface area contributed by atoms with E-state index in [1.54, 1.807) is 0 Å². The first-order valence-electron chi connectivity index (χ1n) is 9.13. The number of ether oxygens (including phenoxy) is 2. The van der Waals surface area contributed by atoms with Crippen LogP contribution in [0, 0.1) is 5.92 Å². The number of carbonyl (C=O) groups excluding carboxylic acids is 2.